The molecular formula is C15H19F3N2O. The first-order valence-electron chi connectivity index (χ1n) is 6.89. The van der Waals surface area contributed by atoms with Gasteiger partial charge in [0, 0.05) is 31.8 Å². The Morgan fingerprint density at radius 1 is 1.19 bits per heavy atom. The fourth-order valence-corrected chi connectivity index (χ4v) is 2.19. The number of hydrogen-bond donors (Lipinski definition) is 1. The molecule has 1 aromatic rings. The number of halogens is 3. The molecule has 0 radical (unpaired) electrons. The average Bonchev–Trinajstić information content (AvgIpc) is 2.47. The predicted octanol–water partition coefficient (Wildman–Crippen LogP) is 2.72. The standard InChI is InChI=1S/C15H19F3N2O/c16-15(17,18)13-5-7-20(8-6-13)9-10-21-14-3-1-12(11-19)2-4-14/h1-5H,6-11,19H2. The van der Waals surface area contributed by atoms with E-state index in [1.807, 2.05) is 29.2 Å². The van der Waals surface area contributed by atoms with Gasteiger partial charge in [-0.15, -0.1) is 0 Å². The van der Waals surface area contributed by atoms with Gasteiger partial charge in [-0.2, -0.15) is 13.2 Å². The minimum Gasteiger partial charge on any atom is -0.492 e. The highest BCUT2D eigenvalue weighted by atomic mass is 19.4. The average molecular weight is 300 g/mol. The molecule has 0 saturated carbocycles. The molecule has 1 aliphatic rings. The molecule has 2 rings (SSSR count). The molecule has 116 valence electrons. The molecule has 1 heterocycles. The third kappa shape index (κ3) is 4.75. The number of nitrogens with two attached hydrogens (primary N) is 1. The van der Waals surface area contributed by atoms with Crippen molar-refractivity contribution in [1.82, 2.24) is 4.90 Å². The molecule has 0 unspecified atom stereocenters. The van der Waals surface area contributed by atoms with Crippen molar-refractivity contribution < 1.29 is 17.9 Å². The van der Waals surface area contributed by atoms with Crippen LogP contribution in [0.2, 0.25) is 0 Å². The van der Waals surface area contributed by atoms with E-state index in [4.69, 9.17) is 10.5 Å². The predicted molar refractivity (Wildman–Crippen MR) is 75.0 cm³/mol. The van der Waals surface area contributed by atoms with Crippen molar-refractivity contribution in [3.05, 3.63) is 41.5 Å². The Balaban J connectivity index is 1.73. The SMILES string of the molecule is NCc1ccc(OCCN2CC=C(C(F)(F)F)CC2)cc1. The minimum atomic E-state index is -4.19. The lowest BCUT2D eigenvalue weighted by Gasteiger charge is -2.26. The van der Waals surface area contributed by atoms with Crippen molar-refractivity contribution in [3.8, 4) is 5.75 Å². The van der Waals surface area contributed by atoms with Gasteiger partial charge in [0.05, 0.1) is 0 Å². The van der Waals surface area contributed by atoms with E-state index < -0.39 is 11.7 Å². The van der Waals surface area contributed by atoms with Gasteiger partial charge in [0.1, 0.15) is 12.4 Å². The molecule has 0 amide bonds. The van der Waals surface area contributed by atoms with Crippen LogP contribution in [-0.4, -0.2) is 37.3 Å². The Hall–Kier alpha value is -1.53. The molecule has 0 atom stereocenters. The van der Waals surface area contributed by atoms with Gasteiger partial charge >= 0.3 is 6.18 Å². The lowest BCUT2D eigenvalue weighted by Crippen LogP contribution is -2.34. The summed E-state index contributed by atoms with van der Waals surface area (Å²) >= 11 is 0. The van der Waals surface area contributed by atoms with Crippen LogP contribution in [0, 0.1) is 0 Å². The van der Waals surface area contributed by atoms with Crippen molar-refractivity contribution >= 4 is 0 Å². The first kappa shape index (κ1) is 15.9. The Morgan fingerprint density at radius 3 is 2.43 bits per heavy atom. The molecule has 0 saturated heterocycles. The van der Waals surface area contributed by atoms with Crippen LogP contribution < -0.4 is 10.5 Å². The van der Waals surface area contributed by atoms with Gasteiger partial charge in [-0.3, -0.25) is 4.90 Å². The number of ether oxygens (including phenoxy) is 1. The van der Waals surface area contributed by atoms with Crippen molar-refractivity contribution in [1.29, 1.82) is 0 Å². The number of rotatable bonds is 5. The summed E-state index contributed by atoms with van der Waals surface area (Å²) in [7, 11) is 0. The van der Waals surface area contributed by atoms with Crippen molar-refractivity contribution in [2.75, 3.05) is 26.2 Å². The van der Waals surface area contributed by atoms with Crippen molar-refractivity contribution in [2.45, 2.75) is 19.1 Å². The summed E-state index contributed by atoms with van der Waals surface area (Å²) < 4.78 is 43.0. The summed E-state index contributed by atoms with van der Waals surface area (Å²) in [5.41, 5.74) is 6.12. The van der Waals surface area contributed by atoms with Crippen LogP contribution >= 0.6 is 0 Å². The van der Waals surface area contributed by atoms with E-state index >= 15 is 0 Å². The monoisotopic (exact) mass is 300 g/mol. The van der Waals surface area contributed by atoms with Gasteiger partial charge in [0.2, 0.25) is 0 Å². The normalized spacial score (nSPS) is 16.7. The molecule has 0 bridgehead atoms. The molecule has 21 heavy (non-hydrogen) atoms. The summed E-state index contributed by atoms with van der Waals surface area (Å²) in [6, 6.07) is 7.49. The molecule has 0 spiro atoms. The maximum absolute atomic E-state index is 12.5. The lowest BCUT2D eigenvalue weighted by molar-refractivity contribution is -0.0960. The molecule has 1 aromatic carbocycles. The van der Waals surface area contributed by atoms with E-state index in [1.54, 1.807) is 0 Å². The van der Waals surface area contributed by atoms with Crippen LogP contribution in [0.4, 0.5) is 13.2 Å². The fourth-order valence-electron chi connectivity index (χ4n) is 2.19. The molecule has 0 aromatic heterocycles. The first-order chi connectivity index (χ1) is 9.99. The topological polar surface area (TPSA) is 38.5 Å². The van der Waals surface area contributed by atoms with Gasteiger partial charge in [-0.25, -0.2) is 0 Å². The summed E-state index contributed by atoms with van der Waals surface area (Å²) in [5.74, 6) is 0.746. The highest BCUT2D eigenvalue weighted by Gasteiger charge is 2.34. The van der Waals surface area contributed by atoms with Crippen molar-refractivity contribution in [2.24, 2.45) is 5.73 Å². The zero-order valence-corrected chi connectivity index (χ0v) is 11.7. The highest BCUT2D eigenvalue weighted by Crippen LogP contribution is 2.29. The van der Waals surface area contributed by atoms with Crippen LogP contribution in [0.5, 0.6) is 5.75 Å². The summed E-state index contributed by atoms with van der Waals surface area (Å²) in [4.78, 5) is 1.95. The molecule has 2 N–H and O–H groups in total. The van der Waals surface area contributed by atoms with Gasteiger partial charge < -0.3 is 10.5 Å². The smallest absolute Gasteiger partial charge is 0.412 e. The van der Waals surface area contributed by atoms with E-state index in [2.05, 4.69) is 0 Å². The zero-order chi connectivity index (χ0) is 15.3. The second kappa shape index (κ2) is 6.95. The van der Waals surface area contributed by atoms with E-state index in [-0.39, 0.29) is 6.42 Å². The third-order valence-electron chi connectivity index (χ3n) is 3.49. The van der Waals surface area contributed by atoms with Crippen LogP contribution in [0.25, 0.3) is 0 Å². The van der Waals surface area contributed by atoms with E-state index in [9.17, 15) is 13.2 Å². The second-order valence-corrected chi connectivity index (χ2v) is 4.97. The van der Waals surface area contributed by atoms with E-state index in [0.717, 1.165) is 11.3 Å². The number of hydrogen-bond acceptors (Lipinski definition) is 3. The number of benzene rings is 1. The van der Waals surface area contributed by atoms with E-state index in [0.29, 0.717) is 32.8 Å². The van der Waals surface area contributed by atoms with Crippen LogP contribution in [-0.2, 0) is 6.54 Å². The van der Waals surface area contributed by atoms with Crippen LogP contribution in [0.3, 0.4) is 0 Å². The summed E-state index contributed by atoms with van der Waals surface area (Å²) in [6.45, 7) is 2.30. The molecule has 1 aliphatic heterocycles. The van der Waals surface area contributed by atoms with Crippen molar-refractivity contribution in [3.63, 3.8) is 0 Å². The van der Waals surface area contributed by atoms with Crippen LogP contribution in [0.1, 0.15) is 12.0 Å². The quantitative estimate of drug-likeness (QED) is 0.850. The Labute approximate surface area is 122 Å². The van der Waals surface area contributed by atoms with E-state index in [1.165, 1.54) is 6.08 Å². The van der Waals surface area contributed by atoms with Gasteiger partial charge in [-0.1, -0.05) is 18.2 Å². The number of nitrogens with zero attached hydrogens (tertiary/aromatic N) is 1. The molecule has 6 heteroatoms. The largest absolute Gasteiger partial charge is 0.492 e. The Morgan fingerprint density at radius 2 is 1.90 bits per heavy atom. The third-order valence-corrected chi connectivity index (χ3v) is 3.49. The lowest BCUT2D eigenvalue weighted by atomic mass is 10.1. The first-order valence-corrected chi connectivity index (χ1v) is 6.89. The van der Waals surface area contributed by atoms with Crippen LogP contribution in [0.15, 0.2) is 35.9 Å². The summed E-state index contributed by atoms with van der Waals surface area (Å²) in [5, 5.41) is 0. The zero-order valence-electron chi connectivity index (χ0n) is 11.7. The minimum absolute atomic E-state index is 0.0503. The summed E-state index contributed by atoms with van der Waals surface area (Å²) in [6.07, 6.45) is -2.87. The maximum Gasteiger partial charge on any atom is 0.412 e. The second-order valence-electron chi connectivity index (χ2n) is 4.97. The van der Waals surface area contributed by atoms with Gasteiger partial charge in [-0.05, 0) is 24.1 Å². The fraction of sp³-hybridized carbons (Fsp3) is 0.467. The Kier molecular flexibility index (Phi) is 5.25. The Bertz CT molecular complexity index is 483. The van der Waals surface area contributed by atoms with Gasteiger partial charge in [0.15, 0.2) is 0 Å². The molecule has 0 aliphatic carbocycles. The molecular weight excluding hydrogens is 281 g/mol. The maximum atomic E-state index is 12.5. The molecule has 0 fully saturated rings. The van der Waals surface area contributed by atoms with Gasteiger partial charge in [0.25, 0.3) is 0 Å². The number of alkyl halides is 3. The highest BCUT2D eigenvalue weighted by molar-refractivity contribution is 5.27. The molecule has 3 nitrogen and oxygen atoms in total.